The number of ether oxygens (including phenoxy) is 2. The van der Waals surface area contributed by atoms with E-state index in [-0.39, 0.29) is 18.3 Å². The lowest BCUT2D eigenvalue weighted by Crippen LogP contribution is -2.17. The number of nitrogens with one attached hydrogen (secondary N) is 1. The lowest BCUT2D eigenvalue weighted by molar-refractivity contribution is -0.113. The number of aryl methyl sites for hydroxylation is 1. The number of anilines is 1. The van der Waals surface area contributed by atoms with Gasteiger partial charge in [0.2, 0.25) is 11.8 Å². The molecule has 0 radical (unpaired) electrons. The van der Waals surface area contributed by atoms with Gasteiger partial charge in [-0.05, 0) is 19.1 Å². The lowest BCUT2D eigenvalue weighted by Gasteiger charge is -2.10. The van der Waals surface area contributed by atoms with E-state index in [0.29, 0.717) is 33.7 Å². The highest BCUT2D eigenvalue weighted by Crippen LogP contribution is 2.29. The molecule has 3 rings (SSSR count). The van der Waals surface area contributed by atoms with Crippen molar-refractivity contribution >= 4 is 29.3 Å². The monoisotopic (exact) mass is 430 g/mol. The molecule has 1 amide bonds. The minimum atomic E-state index is -0.482. The maximum atomic E-state index is 12.4. The van der Waals surface area contributed by atoms with Crippen molar-refractivity contribution in [2.75, 3.05) is 24.8 Å². The van der Waals surface area contributed by atoms with E-state index in [9.17, 15) is 9.59 Å². The minimum Gasteiger partial charge on any atom is -0.479 e. The zero-order chi connectivity index (χ0) is 21.7. The summed E-state index contributed by atoms with van der Waals surface area (Å²) in [6.07, 6.45) is 1.79. The molecular formula is C19H22N6O4S. The van der Waals surface area contributed by atoms with Crippen LogP contribution in [0.25, 0.3) is 11.4 Å². The molecule has 1 N–H and O–H groups in total. The molecule has 158 valence electrons. The molecule has 3 aromatic rings. The first-order chi connectivity index (χ1) is 14.4. The number of benzene rings is 1. The molecule has 2 heterocycles. The Kier molecular flexibility index (Phi) is 6.72. The predicted octanol–water partition coefficient (Wildman–Crippen LogP) is 2.13. The van der Waals surface area contributed by atoms with E-state index in [2.05, 4.69) is 20.6 Å². The highest BCUT2D eigenvalue weighted by atomic mass is 32.2. The zero-order valence-corrected chi connectivity index (χ0v) is 17.9. The fraction of sp³-hybridized carbons (Fsp3) is 0.316. The van der Waals surface area contributed by atoms with Crippen LogP contribution in [0, 0.1) is 0 Å². The molecule has 0 spiro atoms. The molecule has 10 nitrogen and oxygen atoms in total. The summed E-state index contributed by atoms with van der Waals surface area (Å²) < 4.78 is 13.7. The average Bonchev–Trinajstić information content (AvgIpc) is 3.28. The van der Waals surface area contributed by atoms with Crippen molar-refractivity contribution in [3.05, 3.63) is 36.0 Å². The van der Waals surface area contributed by atoms with Crippen LogP contribution >= 0.6 is 11.8 Å². The van der Waals surface area contributed by atoms with E-state index in [1.54, 1.807) is 60.7 Å². The SMILES string of the molecule is CCOC(=O)c1ccccc1NC(=O)CSc1nnc(-c2cn(C)nc2OC)n1C. The van der Waals surface area contributed by atoms with E-state index in [1.165, 1.54) is 18.9 Å². The molecule has 0 aliphatic heterocycles. The second-order valence-corrected chi connectivity index (χ2v) is 7.14. The largest absolute Gasteiger partial charge is 0.479 e. The summed E-state index contributed by atoms with van der Waals surface area (Å²) in [5.41, 5.74) is 1.41. The van der Waals surface area contributed by atoms with Gasteiger partial charge in [0.1, 0.15) is 5.56 Å². The molecule has 0 aliphatic carbocycles. The third kappa shape index (κ3) is 4.62. The van der Waals surface area contributed by atoms with Gasteiger partial charge in [-0.25, -0.2) is 4.79 Å². The molecule has 0 bridgehead atoms. The van der Waals surface area contributed by atoms with Gasteiger partial charge in [0, 0.05) is 20.3 Å². The predicted molar refractivity (Wildman–Crippen MR) is 112 cm³/mol. The molecule has 0 fully saturated rings. The Labute approximate surface area is 177 Å². The molecule has 0 unspecified atom stereocenters. The van der Waals surface area contributed by atoms with E-state index in [0.717, 1.165) is 0 Å². The van der Waals surface area contributed by atoms with Crippen molar-refractivity contribution in [1.82, 2.24) is 24.5 Å². The Morgan fingerprint density at radius 2 is 1.97 bits per heavy atom. The molecule has 0 saturated carbocycles. The topological polar surface area (TPSA) is 113 Å². The summed E-state index contributed by atoms with van der Waals surface area (Å²) >= 11 is 1.23. The van der Waals surface area contributed by atoms with Crippen LogP contribution in [0.2, 0.25) is 0 Å². The number of rotatable bonds is 8. The summed E-state index contributed by atoms with van der Waals surface area (Å²) in [6, 6.07) is 6.72. The van der Waals surface area contributed by atoms with E-state index < -0.39 is 5.97 Å². The highest BCUT2D eigenvalue weighted by molar-refractivity contribution is 7.99. The average molecular weight is 430 g/mol. The van der Waals surface area contributed by atoms with Crippen molar-refractivity contribution in [1.29, 1.82) is 0 Å². The quantitative estimate of drug-likeness (QED) is 0.427. The molecule has 2 aromatic heterocycles. The third-order valence-corrected chi connectivity index (χ3v) is 5.11. The lowest BCUT2D eigenvalue weighted by atomic mass is 10.2. The fourth-order valence-corrected chi connectivity index (χ4v) is 3.45. The van der Waals surface area contributed by atoms with Crippen molar-refractivity contribution in [2.45, 2.75) is 12.1 Å². The number of carbonyl (C=O) groups is 2. The Morgan fingerprint density at radius 3 is 2.70 bits per heavy atom. The van der Waals surface area contributed by atoms with Crippen molar-refractivity contribution in [2.24, 2.45) is 14.1 Å². The van der Waals surface area contributed by atoms with Gasteiger partial charge < -0.3 is 19.4 Å². The maximum absolute atomic E-state index is 12.4. The van der Waals surface area contributed by atoms with Crippen LogP contribution in [-0.4, -0.2) is 55.9 Å². The van der Waals surface area contributed by atoms with E-state index >= 15 is 0 Å². The van der Waals surface area contributed by atoms with Crippen molar-refractivity contribution in [3.8, 4) is 17.3 Å². The first-order valence-corrected chi connectivity index (χ1v) is 10.1. The normalized spacial score (nSPS) is 10.7. The molecule has 0 saturated heterocycles. The van der Waals surface area contributed by atoms with E-state index in [4.69, 9.17) is 9.47 Å². The van der Waals surface area contributed by atoms with Gasteiger partial charge in [0.05, 0.1) is 30.7 Å². The van der Waals surface area contributed by atoms with Crippen LogP contribution in [0.4, 0.5) is 5.69 Å². The Bertz CT molecular complexity index is 1060. The summed E-state index contributed by atoms with van der Waals surface area (Å²) in [6.45, 7) is 1.99. The molecule has 0 aliphatic rings. The van der Waals surface area contributed by atoms with Gasteiger partial charge in [-0.2, -0.15) is 0 Å². The first-order valence-electron chi connectivity index (χ1n) is 9.10. The van der Waals surface area contributed by atoms with Gasteiger partial charge in [0.25, 0.3) is 0 Å². The molecule has 0 atom stereocenters. The van der Waals surface area contributed by atoms with Crippen LogP contribution in [0.1, 0.15) is 17.3 Å². The van der Waals surface area contributed by atoms with Gasteiger partial charge >= 0.3 is 5.97 Å². The molecular weight excluding hydrogens is 408 g/mol. The maximum Gasteiger partial charge on any atom is 0.340 e. The van der Waals surface area contributed by atoms with Crippen LogP contribution < -0.4 is 10.1 Å². The standard InChI is InChI=1S/C19H22N6O4S/c1-5-29-18(27)12-8-6-7-9-14(12)20-15(26)11-30-19-22-21-16(25(19)3)13-10-24(2)23-17(13)28-4/h6-10H,5,11H2,1-4H3,(H,20,26). The number of esters is 1. The number of para-hydroxylation sites is 1. The number of carbonyl (C=O) groups excluding carboxylic acids is 2. The summed E-state index contributed by atoms with van der Waals surface area (Å²) in [5.74, 6) is 0.353. The third-order valence-electron chi connectivity index (χ3n) is 4.09. The smallest absolute Gasteiger partial charge is 0.340 e. The van der Waals surface area contributed by atoms with Gasteiger partial charge in [-0.1, -0.05) is 23.9 Å². The zero-order valence-electron chi connectivity index (χ0n) is 17.1. The van der Waals surface area contributed by atoms with Crippen molar-refractivity contribution < 1.29 is 19.1 Å². The van der Waals surface area contributed by atoms with Crippen LogP contribution in [0.5, 0.6) is 5.88 Å². The van der Waals surface area contributed by atoms with Gasteiger partial charge in [0.15, 0.2) is 11.0 Å². The Morgan fingerprint density at radius 1 is 1.20 bits per heavy atom. The summed E-state index contributed by atoms with van der Waals surface area (Å²) in [4.78, 5) is 24.5. The van der Waals surface area contributed by atoms with Crippen LogP contribution in [0.3, 0.4) is 0 Å². The summed E-state index contributed by atoms with van der Waals surface area (Å²) in [7, 11) is 5.13. The summed E-state index contributed by atoms with van der Waals surface area (Å²) in [5, 5.41) is 15.9. The number of amides is 1. The fourth-order valence-electron chi connectivity index (χ4n) is 2.74. The second kappa shape index (κ2) is 9.44. The number of methoxy groups -OCH3 is 1. The first kappa shape index (κ1) is 21.4. The van der Waals surface area contributed by atoms with E-state index in [1.807, 2.05) is 0 Å². The number of thioether (sulfide) groups is 1. The number of nitrogens with zero attached hydrogens (tertiary/aromatic N) is 5. The van der Waals surface area contributed by atoms with Gasteiger partial charge in [-0.15, -0.1) is 15.3 Å². The molecule has 1 aromatic carbocycles. The van der Waals surface area contributed by atoms with Crippen LogP contribution in [-0.2, 0) is 23.6 Å². The number of hydrogen-bond acceptors (Lipinski definition) is 8. The minimum absolute atomic E-state index is 0.0906. The number of aromatic nitrogens is 5. The van der Waals surface area contributed by atoms with Gasteiger partial charge in [-0.3, -0.25) is 9.48 Å². The number of hydrogen-bond donors (Lipinski definition) is 1. The molecule has 30 heavy (non-hydrogen) atoms. The second-order valence-electron chi connectivity index (χ2n) is 6.19. The van der Waals surface area contributed by atoms with Crippen LogP contribution in [0.15, 0.2) is 35.6 Å². The molecule has 11 heteroatoms. The Balaban J connectivity index is 1.68. The van der Waals surface area contributed by atoms with Crippen molar-refractivity contribution in [3.63, 3.8) is 0 Å². The Hall–Kier alpha value is -3.34. The highest BCUT2D eigenvalue weighted by Gasteiger charge is 2.19.